The van der Waals surface area contributed by atoms with Crippen LogP contribution in [0.15, 0.2) is 24.3 Å². The zero-order valence-electron chi connectivity index (χ0n) is 13.7. The number of aliphatic hydroxyl groups excluding tert-OH is 1. The van der Waals surface area contributed by atoms with Crippen LogP contribution in [0.4, 0.5) is 0 Å². The van der Waals surface area contributed by atoms with Gasteiger partial charge in [0.2, 0.25) is 0 Å². The zero-order chi connectivity index (χ0) is 16.2. The molecule has 1 aromatic carbocycles. The fourth-order valence-electron chi connectivity index (χ4n) is 1.86. The summed E-state index contributed by atoms with van der Waals surface area (Å²) in [6, 6.07) is 7.16. The summed E-state index contributed by atoms with van der Waals surface area (Å²) in [6.07, 6.45) is -0.865. The van der Waals surface area contributed by atoms with Gasteiger partial charge in [-0.15, -0.1) is 0 Å². The summed E-state index contributed by atoms with van der Waals surface area (Å²) in [7, 11) is 0. The van der Waals surface area contributed by atoms with Crippen LogP contribution in [0.3, 0.4) is 0 Å². The van der Waals surface area contributed by atoms with Crippen LogP contribution in [0.2, 0.25) is 0 Å². The van der Waals surface area contributed by atoms with Crippen molar-refractivity contribution in [2.75, 3.05) is 0 Å². The van der Waals surface area contributed by atoms with Gasteiger partial charge in [-0.3, -0.25) is 4.79 Å². The second-order valence-electron chi connectivity index (χ2n) is 6.51. The Balaban J connectivity index is 2.82. The standard InChI is InChI=1S/C17H26O4/c1-11(2)20-14-9-7-8-13(10-14)15(18)12(3)16(19)21-17(4,5)6/h7-12,15,18H,1-6H3. The zero-order valence-corrected chi connectivity index (χ0v) is 13.7. The lowest BCUT2D eigenvalue weighted by molar-refractivity contribution is -0.163. The molecule has 2 atom stereocenters. The molecule has 0 bridgehead atoms. The highest BCUT2D eigenvalue weighted by atomic mass is 16.6. The molecular formula is C17H26O4. The van der Waals surface area contributed by atoms with Gasteiger partial charge in [-0.1, -0.05) is 12.1 Å². The van der Waals surface area contributed by atoms with Crippen LogP contribution in [-0.2, 0) is 9.53 Å². The van der Waals surface area contributed by atoms with Gasteiger partial charge < -0.3 is 14.6 Å². The van der Waals surface area contributed by atoms with Gasteiger partial charge in [-0.2, -0.15) is 0 Å². The largest absolute Gasteiger partial charge is 0.491 e. The van der Waals surface area contributed by atoms with Crippen LogP contribution < -0.4 is 4.74 Å². The van der Waals surface area contributed by atoms with E-state index in [1.807, 2.05) is 19.9 Å². The lowest BCUT2D eigenvalue weighted by Gasteiger charge is -2.25. The normalized spacial score (nSPS) is 14.7. The number of aliphatic hydroxyl groups is 1. The Labute approximate surface area is 127 Å². The van der Waals surface area contributed by atoms with Gasteiger partial charge in [0.05, 0.1) is 18.1 Å². The van der Waals surface area contributed by atoms with Crippen LogP contribution in [0.1, 0.15) is 53.2 Å². The second-order valence-corrected chi connectivity index (χ2v) is 6.51. The third kappa shape index (κ3) is 5.76. The molecule has 0 saturated heterocycles. The first-order valence-corrected chi connectivity index (χ1v) is 7.27. The molecule has 0 fully saturated rings. The summed E-state index contributed by atoms with van der Waals surface area (Å²) in [5, 5.41) is 10.4. The number of hydrogen-bond donors (Lipinski definition) is 1. The quantitative estimate of drug-likeness (QED) is 0.845. The van der Waals surface area contributed by atoms with Crippen molar-refractivity contribution in [2.24, 2.45) is 5.92 Å². The molecule has 0 spiro atoms. The van der Waals surface area contributed by atoms with Crippen molar-refractivity contribution in [1.29, 1.82) is 0 Å². The van der Waals surface area contributed by atoms with E-state index in [9.17, 15) is 9.90 Å². The first kappa shape index (κ1) is 17.5. The molecule has 0 saturated carbocycles. The van der Waals surface area contributed by atoms with Crippen molar-refractivity contribution >= 4 is 5.97 Å². The van der Waals surface area contributed by atoms with Crippen molar-refractivity contribution in [3.63, 3.8) is 0 Å². The molecule has 0 aliphatic rings. The lowest BCUT2D eigenvalue weighted by Crippen LogP contribution is -2.30. The van der Waals surface area contributed by atoms with Gasteiger partial charge in [0.1, 0.15) is 11.4 Å². The van der Waals surface area contributed by atoms with Crippen molar-refractivity contribution in [3.8, 4) is 5.75 Å². The van der Waals surface area contributed by atoms with Crippen LogP contribution in [0, 0.1) is 5.92 Å². The van der Waals surface area contributed by atoms with Crippen molar-refractivity contribution in [3.05, 3.63) is 29.8 Å². The summed E-state index contributed by atoms with van der Waals surface area (Å²) in [4.78, 5) is 12.0. The first-order chi connectivity index (χ1) is 9.60. The smallest absolute Gasteiger partial charge is 0.312 e. The number of hydrogen-bond acceptors (Lipinski definition) is 4. The van der Waals surface area contributed by atoms with E-state index in [-0.39, 0.29) is 6.10 Å². The highest BCUT2D eigenvalue weighted by Gasteiger charge is 2.28. The van der Waals surface area contributed by atoms with Crippen molar-refractivity contribution < 1.29 is 19.4 Å². The fraction of sp³-hybridized carbons (Fsp3) is 0.588. The second kappa shape index (κ2) is 6.94. The van der Waals surface area contributed by atoms with Gasteiger partial charge in [-0.05, 0) is 59.2 Å². The molecule has 1 aromatic rings. The average Bonchev–Trinajstić information content (AvgIpc) is 2.34. The summed E-state index contributed by atoms with van der Waals surface area (Å²) < 4.78 is 10.9. The minimum atomic E-state index is -0.921. The Kier molecular flexibility index (Phi) is 5.78. The predicted octanol–water partition coefficient (Wildman–Crippen LogP) is 3.49. The van der Waals surface area contributed by atoms with Gasteiger partial charge in [-0.25, -0.2) is 0 Å². The molecule has 0 aliphatic heterocycles. The number of ether oxygens (including phenoxy) is 2. The molecule has 0 radical (unpaired) electrons. The summed E-state index contributed by atoms with van der Waals surface area (Å²) in [5.41, 5.74) is 0.0831. The Bertz CT molecular complexity index is 474. The van der Waals surface area contributed by atoms with E-state index in [4.69, 9.17) is 9.47 Å². The molecule has 2 unspecified atom stereocenters. The van der Waals surface area contributed by atoms with E-state index in [0.29, 0.717) is 11.3 Å². The third-order valence-electron chi connectivity index (χ3n) is 2.82. The molecular weight excluding hydrogens is 268 g/mol. The van der Waals surface area contributed by atoms with Crippen LogP contribution in [0.5, 0.6) is 5.75 Å². The van der Waals surface area contributed by atoms with E-state index in [1.165, 1.54) is 0 Å². The summed E-state index contributed by atoms with van der Waals surface area (Å²) in [5.74, 6) is -0.373. The highest BCUT2D eigenvalue weighted by molar-refractivity contribution is 5.73. The van der Waals surface area contributed by atoms with Crippen LogP contribution in [-0.4, -0.2) is 22.8 Å². The van der Waals surface area contributed by atoms with Gasteiger partial charge in [0.25, 0.3) is 0 Å². The first-order valence-electron chi connectivity index (χ1n) is 7.27. The maximum absolute atomic E-state index is 12.0. The SMILES string of the molecule is CC(C)Oc1cccc(C(O)C(C)C(=O)OC(C)(C)C)c1. The molecule has 118 valence electrons. The summed E-state index contributed by atoms with van der Waals surface area (Å²) in [6.45, 7) is 11.0. The fourth-order valence-corrected chi connectivity index (χ4v) is 1.86. The Hall–Kier alpha value is -1.55. The number of carbonyl (C=O) groups excluding carboxylic acids is 1. The van der Waals surface area contributed by atoms with E-state index >= 15 is 0 Å². The maximum Gasteiger partial charge on any atom is 0.312 e. The van der Waals surface area contributed by atoms with Gasteiger partial charge in [0.15, 0.2) is 0 Å². The van der Waals surface area contributed by atoms with Crippen molar-refractivity contribution in [2.45, 2.75) is 59.4 Å². The molecule has 0 aromatic heterocycles. The monoisotopic (exact) mass is 294 g/mol. The molecule has 0 aliphatic carbocycles. The van der Waals surface area contributed by atoms with E-state index in [2.05, 4.69) is 0 Å². The molecule has 1 N–H and O–H groups in total. The Morgan fingerprint density at radius 3 is 2.33 bits per heavy atom. The van der Waals surface area contributed by atoms with Crippen LogP contribution >= 0.6 is 0 Å². The molecule has 4 heteroatoms. The number of esters is 1. The number of benzene rings is 1. The molecule has 0 heterocycles. The average molecular weight is 294 g/mol. The van der Waals surface area contributed by atoms with Gasteiger partial charge >= 0.3 is 5.97 Å². The Morgan fingerprint density at radius 1 is 1.19 bits per heavy atom. The lowest BCUT2D eigenvalue weighted by atomic mass is 9.97. The third-order valence-corrected chi connectivity index (χ3v) is 2.82. The molecule has 0 amide bonds. The van der Waals surface area contributed by atoms with Gasteiger partial charge in [0, 0.05) is 0 Å². The van der Waals surface area contributed by atoms with Crippen molar-refractivity contribution in [1.82, 2.24) is 0 Å². The molecule has 21 heavy (non-hydrogen) atoms. The number of rotatable bonds is 5. The van der Waals surface area contributed by atoms with E-state index in [0.717, 1.165) is 0 Å². The van der Waals surface area contributed by atoms with E-state index in [1.54, 1.807) is 45.9 Å². The minimum absolute atomic E-state index is 0.0562. The minimum Gasteiger partial charge on any atom is -0.491 e. The maximum atomic E-state index is 12.0. The molecule has 4 nitrogen and oxygen atoms in total. The van der Waals surface area contributed by atoms with Crippen LogP contribution in [0.25, 0.3) is 0 Å². The summed E-state index contributed by atoms with van der Waals surface area (Å²) >= 11 is 0. The molecule has 1 rings (SSSR count). The van der Waals surface area contributed by atoms with E-state index < -0.39 is 23.6 Å². The topological polar surface area (TPSA) is 55.8 Å². The predicted molar refractivity (Wildman–Crippen MR) is 82.2 cm³/mol. The highest BCUT2D eigenvalue weighted by Crippen LogP contribution is 2.27. The Morgan fingerprint density at radius 2 is 1.81 bits per heavy atom. The number of carbonyl (C=O) groups is 1.